The number of anilines is 2. The van der Waals surface area contributed by atoms with Crippen LogP contribution in [0.15, 0.2) is 60.9 Å². The minimum Gasteiger partial charge on any atom is -0.349 e. The van der Waals surface area contributed by atoms with Crippen LogP contribution >= 0.6 is 0 Å². The highest BCUT2D eigenvalue weighted by Crippen LogP contribution is 2.23. The zero-order valence-corrected chi connectivity index (χ0v) is 14.1. The van der Waals surface area contributed by atoms with Crippen molar-refractivity contribution in [3.63, 3.8) is 0 Å². The average molecular weight is 353 g/mol. The Hall–Kier alpha value is -3.28. The third kappa shape index (κ3) is 4.22. The highest BCUT2D eigenvalue weighted by atomic mass is 19.1. The molecule has 0 radical (unpaired) electrons. The van der Waals surface area contributed by atoms with Gasteiger partial charge in [-0.2, -0.15) is 0 Å². The van der Waals surface area contributed by atoms with E-state index in [4.69, 9.17) is 0 Å². The van der Waals surface area contributed by atoms with Gasteiger partial charge in [-0.25, -0.2) is 8.78 Å². The van der Waals surface area contributed by atoms with Gasteiger partial charge in [0.25, 0.3) is 5.91 Å². The molecule has 1 amide bonds. The quantitative estimate of drug-likeness (QED) is 0.717. The Morgan fingerprint density at radius 2 is 1.73 bits per heavy atom. The van der Waals surface area contributed by atoms with Crippen molar-refractivity contribution in [1.29, 1.82) is 0 Å². The Bertz CT molecular complexity index is 906. The number of aromatic nitrogens is 1. The Kier molecular flexibility index (Phi) is 5.22. The van der Waals surface area contributed by atoms with Gasteiger partial charge < -0.3 is 10.6 Å². The van der Waals surface area contributed by atoms with E-state index in [2.05, 4.69) is 15.6 Å². The molecule has 0 aliphatic rings. The highest BCUT2D eigenvalue weighted by molar-refractivity contribution is 5.94. The molecule has 1 heterocycles. The van der Waals surface area contributed by atoms with Gasteiger partial charge >= 0.3 is 0 Å². The molecule has 2 aromatic carbocycles. The van der Waals surface area contributed by atoms with Crippen molar-refractivity contribution < 1.29 is 13.6 Å². The SMILES string of the molecule is Cc1ccc(CNC(=O)c2cncc(Nc3c(F)cccc3F)c2)cc1. The molecule has 0 saturated heterocycles. The molecule has 2 N–H and O–H groups in total. The Balaban J connectivity index is 1.70. The van der Waals surface area contributed by atoms with Crippen molar-refractivity contribution in [2.24, 2.45) is 0 Å². The predicted octanol–water partition coefficient (Wildman–Crippen LogP) is 4.34. The number of carbonyl (C=O) groups excluding carboxylic acids is 1. The van der Waals surface area contributed by atoms with E-state index in [1.165, 1.54) is 24.5 Å². The van der Waals surface area contributed by atoms with Crippen molar-refractivity contribution in [1.82, 2.24) is 10.3 Å². The molecule has 4 nitrogen and oxygen atoms in total. The van der Waals surface area contributed by atoms with Crippen molar-refractivity contribution in [2.45, 2.75) is 13.5 Å². The first-order valence-corrected chi connectivity index (χ1v) is 8.03. The molecule has 0 spiro atoms. The molecule has 0 saturated carbocycles. The van der Waals surface area contributed by atoms with E-state index < -0.39 is 11.6 Å². The summed E-state index contributed by atoms with van der Waals surface area (Å²) in [5.41, 5.74) is 2.44. The number of nitrogens with zero attached hydrogens (tertiary/aromatic N) is 1. The van der Waals surface area contributed by atoms with Gasteiger partial charge in [-0.05, 0) is 30.7 Å². The van der Waals surface area contributed by atoms with E-state index in [1.807, 2.05) is 31.2 Å². The molecule has 0 aliphatic carbocycles. The second-order valence-corrected chi connectivity index (χ2v) is 5.85. The lowest BCUT2D eigenvalue weighted by Crippen LogP contribution is -2.23. The molecular weight excluding hydrogens is 336 g/mol. The van der Waals surface area contributed by atoms with Crippen molar-refractivity contribution in [3.05, 3.63) is 89.2 Å². The van der Waals surface area contributed by atoms with Crippen LogP contribution in [-0.4, -0.2) is 10.9 Å². The fraction of sp³-hybridized carbons (Fsp3) is 0.100. The minimum atomic E-state index is -0.723. The molecule has 6 heteroatoms. The number of hydrogen-bond acceptors (Lipinski definition) is 3. The van der Waals surface area contributed by atoms with Crippen LogP contribution in [0.2, 0.25) is 0 Å². The maximum absolute atomic E-state index is 13.7. The van der Waals surface area contributed by atoms with E-state index >= 15 is 0 Å². The van der Waals surface area contributed by atoms with Crippen molar-refractivity contribution in [3.8, 4) is 0 Å². The number of benzene rings is 2. The summed E-state index contributed by atoms with van der Waals surface area (Å²) in [5, 5.41) is 5.42. The van der Waals surface area contributed by atoms with Crippen LogP contribution in [0.25, 0.3) is 0 Å². The van der Waals surface area contributed by atoms with Crippen LogP contribution in [0, 0.1) is 18.6 Å². The molecule has 26 heavy (non-hydrogen) atoms. The first kappa shape index (κ1) is 17.5. The maximum atomic E-state index is 13.7. The second-order valence-electron chi connectivity index (χ2n) is 5.85. The Morgan fingerprint density at radius 1 is 1.04 bits per heavy atom. The van der Waals surface area contributed by atoms with E-state index in [9.17, 15) is 13.6 Å². The smallest absolute Gasteiger partial charge is 0.253 e. The molecule has 132 valence electrons. The van der Waals surface area contributed by atoms with Crippen LogP contribution in [0.4, 0.5) is 20.2 Å². The normalized spacial score (nSPS) is 10.4. The van der Waals surface area contributed by atoms with Gasteiger partial charge in [0.05, 0.1) is 17.4 Å². The number of nitrogens with one attached hydrogen (secondary N) is 2. The maximum Gasteiger partial charge on any atom is 0.253 e. The predicted molar refractivity (Wildman–Crippen MR) is 96.2 cm³/mol. The zero-order chi connectivity index (χ0) is 18.5. The lowest BCUT2D eigenvalue weighted by Gasteiger charge is -2.10. The summed E-state index contributed by atoms with van der Waals surface area (Å²) in [6.45, 7) is 2.36. The molecule has 1 aromatic heterocycles. The average Bonchev–Trinajstić information content (AvgIpc) is 2.64. The number of rotatable bonds is 5. The molecule has 0 bridgehead atoms. The summed E-state index contributed by atoms with van der Waals surface area (Å²) in [6.07, 6.45) is 2.79. The summed E-state index contributed by atoms with van der Waals surface area (Å²) in [4.78, 5) is 16.3. The van der Waals surface area contributed by atoms with E-state index in [1.54, 1.807) is 0 Å². The molecule has 3 rings (SSSR count). The number of hydrogen-bond donors (Lipinski definition) is 2. The molecule has 0 unspecified atom stereocenters. The summed E-state index contributed by atoms with van der Waals surface area (Å²) in [6, 6.07) is 12.9. The lowest BCUT2D eigenvalue weighted by atomic mass is 10.1. The molecule has 0 atom stereocenters. The zero-order valence-electron chi connectivity index (χ0n) is 14.1. The second kappa shape index (κ2) is 7.74. The van der Waals surface area contributed by atoms with Crippen LogP contribution < -0.4 is 10.6 Å². The van der Waals surface area contributed by atoms with E-state index in [0.717, 1.165) is 23.3 Å². The topological polar surface area (TPSA) is 54.0 Å². The fourth-order valence-electron chi connectivity index (χ4n) is 2.38. The Morgan fingerprint density at radius 3 is 2.42 bits per heavy atom. The van der Waals surface area contributed by atoms with E-state index in [-0.39, 0.29) is 11.6 Å². The van der Waals surface area contributed by atoms with Crippen molar-refractivity contribution >= 4 is 17.3 Å². The molecule has 3 aromatic rings. The number of pyridine rings is 1. The third-order valence-electron chi connectivity index (χ3n) is 3.81. The van der Waals surface area contributed by atoms with Crippen molar-refractivity contribution in [2.75, 3.05) is 5.32 Å². The minimum absolute atomic E-state index is 0.286. The lowest BCUT2D eigenvalue weighted by molar-refractivity contribution is 0.0950. The summed E-state index contributed by atoms with van der Waals surface area (Å²) >= 11 is 0. The first-order valence-electron chi connectivity index (χ1n) is 8.03. The largest absolute Gasteiger partial charge is 0.349 e. The van der Waals surface area contributed by atoms with Gasteiger partial charge in [-0.15, -0.1) is 0 Å². The third-order valence-corrected chi connectivity index (χ3v) is 3.81. The van der Waals surface area contributed by atoms with Gasteiger partial charge in [0.1, 0.15) is 17.3 Å². The number of para-hydroxylation sites is 1. The molecule has 0 fully saturated rings. The number of carbonyl (C=O) groups is 1. The van der Waals surface area contributed by atoms with E-state index in [0.29, 0.717) is 17.8 Å². The first-order chi connectivity index (χ1) is 12.5. The van der Waals surface area contributed by atoms with Crippen LogP contribution in [0.3, 0.4) is 0 Å². The summed E-state index contributed by atoms with van der Waals surface area (Å²) < 4.78 is 27.5. The summed E-state index contributed by atoms with van der Waals surface area (Å²) in [5.74, 6) is -1.77. The summed E-state index contributed by atoms with van der Waals surface area (Å²) in [7, 11) is 0. The Labute approximate surface area is 149 Å². The number of aryl methyl sites for hydroxylation is 1. The van der Waals surface area contributed by atoms with Crippen LogP contribution in [0.1, 0.15) is 21.5 Å². The standard InChI is InChI=1S/C20H17F2N3O/c1-13-5-7-14(8-6-13)10-24-20(26)15-9-16(12-23-11-15)25-19-17(21)3-2-4-18(19)22/h2-9,11-12,25H,10H2,1H3,(H,24,26). The molecular formula is C20H17F2N3O. The van der Waals surface area contributed by atoms with Gasteiger partial charge in [0.15, 0.2) is 0 Å². The number of amides is 1. The molecule has 0 aliphatic heterocycles. The van der Waals surface area contributed by atoms with Gasteiger partial charge in [0.2, 0.25) is 0 Å². The fourth-order valence-corrected chi connectivity index (χ4v) is 2.38. The van der Waals surface area contributed by atoms with Gasteiger partial charge in [-0.1, -0.05) is 35.9 Å². The van der Waals surface area contributed by atoms with Crippen LogP contribution in [-0.2, 0) is 6.54 Å². The van der Waals surface area contributed by atoms with Crippen LogP contribution in [0.5, 0.6) is 0 Å². The van der Waals surface area contributed by atoms with Gasteiger partial charge in [0, 0.05) is 12.7 Å². The monoisotopic (exact) mass is 353 g/mol. The number of halogens is 2. The van der Waals surface area contributed by atoms with Gasteiger partial charge in [-0.3, -0.25) is 9.78 Å². The highest BCUT2D eigenvalue weighted by Gasteiger charge is 2.11.